The van der Waals surface area contributed by atoms with Gasteiger partial charge in [0.15, 0.2) is 0 Å². The average molecular weight is 295 g/mol. The second-order valence-corrected chi connectivity index (χ2v) is 6.16. The molecule has 0 amide bonds. The molecule has 1 fully saturated rings. The highest BCUT2D eigenvalue weighted by Gasteiger charge is 2.25. The summed E-state index contributed by atoms with van der Waals surface area (Å²) in [6.07, 6.45) is 3.91. The Kier molecular flexibility index (Phi) is 6.27. The predicted octanol–water partition coefficient (Wildman–Crippen LogP) is 3.56. The maximum atomic E-state index is 6.01. The van der Waals surface area contributed by atoms with E-state index in [2.05, 4.69) is 39.1 Å². The zero-order valence-corrected chi connectivity index (χ0v) is 13.8. The van der Waals surface area contributed by atoms with E-state index in [4.69, 9.17) is 13.9 Å². The first-order valence-corrected chi connectivity index (χ1v) is 8.14. The van der Waals surface area contributed by atoms with Crippen molar-refractivity contribution >= 4 is 0 Å². The molecule has 0 radical (unpaired) electrons. The van der Waals surface area contributed by atoms with Gasteiger partial charge in [-0.15, -0.1) is 0 Å². The van der Waals surface area contributed by atoms with Crippen molar-refractivity contribution in [2.45, 2.75) is 78.4 Å². The van der Waals surface area contributed by atoms with Crippen LogP contribution < -0.4 is 5.32 Å². The molecule has 2 heterocycles. The van der Waals surface area contributed by atoms with Crippen LogP contribution in [-0.4, -0.2) is 24.9 Å². The van der Waals surface area contributed by atoms with Crippen molar-refractivity contribution in [3.05, 3.63) is 23.2 Å². The van der Waals surface area contributed by atoms with E-state index in [9.17, 15) is 0 Å². The largest absolute Gasteiger partial charge is 0.462 e. The summed E-state index contributed by atoms with van der Waals surface area (Å²) in [5, 5.41) is 3.37. The molecule has 0 spiro atoms. The van der Waals surface area contributed by atoms with Crippen molar-refractivity contribution in [2.75, 3.05) is 6.54 Å². The summed E-state index contributed by atoms with van der Waals surface area (Å²) in [6, 6.07) is 2.09. The summed E-state index contributed by atoms with van der Waals surface area (Å²) < 4.78 is 17.6. The summed E-state index contributed by atoms with van der Waals surface area (Å²) in [4.78, 5) is 0. The quantitative estimate of drug-likeness (QED) is 0.781. The third kappa shape index (κ3) is 5.13. The molecule has 4 heteroatoms. The van der Waals surface area contributed by atoms with Crippen molar-refractivity contribution in [1.29, 1.82) is 0 Å². The van der Waals surface area contributed by atoms with Gasteiger partial charge in [0.1, 0.15) is 18.1 Å². The van der Waals surface area contributed by atoms with Crippen molar-refractivity contribution < 1.29 is 13.9 Å². The number of ether oxygens (including phenoxy) is 2. The molecular formula is C17H29NO3. The Morgan fingerprint density at radius 2 is 2.00 bits per heavy atom. The van der Waals surface area contributed by atoms with Gasteiger partial charge in [0.2, 0.25) is 0 Å². The lowest BCUT2D eigenvalue weighted by Crippen LogP contribution is -2.33. The molecule has 0 bridgehead atoms. The molecule has 1 N–H and O–H groups in total. The molecule has 120 valence electrons. The first kappa shape index (κ1) is 16.5. The van der Waals surface area contributed by atoms with Gasteiger partial charge in [-0.25, -0.2) is 0 Å². The third-order valence-electron chi connectivity index (χ3n) is 3.90. The van der Waals surface area contributed by atoms with Crippen LogP contribution in [0.4, 0.5) is 0 Å². The van der Waals surface area contributed by atoms with Gasteiger partial charge in [0.25, 0.3) is 0 Å². The van der Waals surface area contributed by atoms with E-state index in [0.29, 0.717) is 6.61 Å². The van der Waals surface area contributed by atoms with Crippen LogP contribution in [0.25, 0.3) is 0 Å². The van der Waals surface area contributed by atoms with Crippen LogP contribution in [0, 0.1) is 6.92 Å². The number of nitrogens with one attached hydrogen (secondary N) is 1. The number of hydrogen-bond donors (Lipinski definition) is 1. The van der Waals surface area contributed by atoms with Gasteiger partial charge in [0, 0.05) is 0 Å². The Morgan fingerprint density at radius 1 is 1.29 bits per heavy atom. The monoisotopic (exact) mass is 295 g/mol. The maximum absolute atomic E-state index is 6.01. The summed E-state index contributed by atoms with van der Waals surface area (Å²) >= 11 is 0. The van der Waals surface area contributed by atoms with Crippen LogP contribution in [0.5, 0.6) is 0 Å². The van der Waals surface area contributed by atoms with E-state index in [0.717, 1.165) is 43.9 Å². The minimum Gasteiger partial charge on any atom is -0.462 e. The average Bonchev–Trinajstić information content (AvgIpc) is 2.77. The molecule has 1 aliphatic rings. The highest BCUT2D eigenvalue weighted by atomic mass is 16.5. The van der Waals surface area contributed by atoms with Crippen molar-refractivity contribution in [2.24, 2.45) is 0 Å². The highest BCUT2D eigenvalue weighted by molar-refractivity contribution is 5.19. The van der Waals surface area contributed by atoms with Crippen LogP contribution in [0.2, 0.25) is 0 Å². The molecule has 21 heavy (non-hydrogen) atoms. The van der Waals surface area contributed by atoms with Gasteiger partial charge in [-0.3, -0.25) is 0 Å². The fraction of sp³-hybridized carbons (Fsp3) is 0.765. The molecule has 0 aliphatic carbocycles. The predicted molar refractivity (Wildman–Crippen MR) is 83.3 cm³/mol. The van der Waals surface area contributed by atoms with Crippen molar-refractivity contribution in [3.63, 3.8) is 0 Å². The highest BCUT2D eigenvalue weighted by Crippen LogP contribution is 2.23. The molecule has 0 saturated carbocycles. The van der Waals surface area contributed by atoms with Crippen LogP contribution in [-0.2, 0) is 22.6 Å². The lowest BCUT2D eigenvalue weighted by Gasteiger charge is -2.31. The van der Waals surface area contributed by atoms with E-state index in [1.165, 1.54) is 5.56 Å². The molecule has 1 saturated heterocycles. The fourth-order valence-electron chi connectivity index (χ4n) is 2.90. The molecule has 2 rings (SSSR count). The van der Waals surface area contributed by atoms with E-state index < -0.39 is 0 Å². The normalized spacial score (nSPS) is 26.2. The molecular weight excluding hydrogens is 266 g/mol. The Hall–Kier alpha value is -0.840. The van der Waals surface area contributed by atoms with Crippen molar-refractivity contribution in [1.82, 2.24) is 5.32 Å². The Balaban J connectivity index is 1.81. The Labute approximate surface area is 128 Å². The van der Waals surface area contributed by atoms with Gasteiger partial charge < -0.3 is 19.2 Å². The second kappa shape index (κ2) is 7.97. The Morgan fingerprint density at radius 3 is 2.67 bits per heavy atom. The standard InChI is InChI=1S/C17H29NO3/c1-5-6-18-10-17-12(2)7-16(21-17)11-19-15-8-13(3)20-14(4)9-15/h7,13-15,18H,5-6,8-11H2,1-4H3. The first-order chi connectivity index (χ1) is 10.1. The number of rotatable bonds is 7. The summed E-state index contributed by atoms with van der Waals surface area (Å²) in [5.74, 6) is 1.95. The second-order valence-electron chi connectivity index (χ2n) is 6.16. The SMILES string of the molecule is CCCNCc1oc(COC2CC(C)OC(C)C2)cc1C. The van der Waals surface area contributed by atoms with Gasteiger partial charge in [-0.2, -0.15) is 0 Å². The van der Waals surface area contributed by atoms with Crippen LogP contribution in [0.3, 0.4) is 0 Å². The van der Waals surface area contributed by atoms with Crippen LogP contribution in [0.1, 0.15) is 57.1 Å². The molecule has 1 aromatic heterocycles. The van der Waals surface area contributed by atoms with Crippen molar-refractivity contribution in [3.8, 4) is 0 Å². The zero-order chi connectivity index (χ0) is 15.2. The van der Waals surface area contributed by atoms with E-state index in [1.807, 2.05) is 0 Å². The molecule has 4 nitrogen and oxygen atoms in total. The van der Waals surface area contributed by atoms with E-state index in [1.54, 1.807) is 0 Å². The Bertz CT molecular complexity index is 420. The molecule has 2 unspecified atom stereocenters. The third-order valence-corrected chi connectivity index (χ3v) is 3.90. The zero-order valence-electron chi connectivity index (χ0n) is 13.8. The number of furan rings is 1. The van der Waals surface area contributed by atoms with Gasteiger partial charge in [0.05, 0.1) is 24.9 Å². The number of hydrogen-bond acceptors (Lipinski definition) is 4. The first-order valence-electron chi connectivity index (χ1n) is 8.14. The van der Waals surface area contributed by atoms with Crippen LogP contribution >= 0.6 is 0 Å². The minimum atomic E-state index is 0.274. The smallest absolute Gasteiger partial charge is 0.130 e. The summed E-state index contributed by atoms with van der Waals surface area (Å²) in [7, 11) is 0. The minimum absolute atomic E-state index is 0.274. The fourth-order valence-corrected chi connectivity index (χ4v) is 2.90. The van der Waals surface area contributed by atoms with E-state index in [-0.39, 0.29) is 18.3 Å². The van der Waals surface area contributed by atoms with Gasteiger partial charge in [-0.1, -0.05) is 6.92 Å². The molecule has 1 aromatic rings. The van der Waals surface area contributed by atoms with Gasteiger partial charge >= 0.3 is 0 Å². The van der Waals surface area contributed by atoms with Crippen LogP contribution in [0.15, 0.2) is 10.5 Å². The topological polar surface area (TPSA) is 43.6 Å². The van der Waals surface area contributed by atoms with E-state index >= 15 is 0 Å². The molecule has 1 aliphatic heterocycles. The lowest BCUT2D eigenvalue weighted by molar-refractivity contribution is -0.108. The summed E-state index contributed by atoms with van der Waals surface area (Å²) in [6.45, 7) is 10.8. The molecule has 0 aromatic carbocycles. The number of aryl methyl sites for hydroxylation is 1. The molecule has 2 atom stereocenters. The van der Waals surface area contributed by atoms with Gasteiger partial charge in [-0.05, 0) is 58.2 Å². The lowest BCUT2D eigenvalue weighted by atomic mass is 10.0. The maximum Gasteiger partial charge on any atom is 0.130 e. The summed E-state index contributed by atoms with van der Waals surface area (Å²) in [5.41, 5.74) is 1.20.